The number of aromatic hydroxyl groups is 1. The van der Waals surface area contributed by atoms with Gasteiger partial charge in [-0.15, -0.1) is 0 Å². The van der Waals surface area contributed by atoms with Crippen LogP contribution in [-0.2, 0) is 12.8 Å². The van der Waals surface area contributed by atoms with E-state index in [4.69, 9.17) is 4.42 Å². The van der Waals surface area contributed by atoms with E-state index in [1.807, 2.05) is 12.1 Å². The average Bonchev–Trinajstić information content (AvgIpc) is 2.94. The Bertz CT molecular complexity index is 1000. The fourth-order valence-electron chi connectivity index (χ4n) is 3.62. The van der Waals surface area contributed by atoms with E-state index >= 15 is 0 Å². The van der Waals surface area contributed by atoms with E-state index in [-0.39, 0.29) is 5.75 Å². The molecule has 0 spiro atoms. The molecule has 128 valence electrons. The zero-order valence-electron chi connectivity index (χ0n) is 14.4. The number of rotatable bonds is 2. The van der Waals surface area contributed by atoms with E-state index in [9.17, 15) is 5.11 Å². The molecule has 0 atom stereocenters. The fraction of sp³-hybridized carbons (Fsp3) is 0.286. The van der Waals surface area contributed by atoms with Gasteiger partial charge in [-0.05, 0) is 66.7 Å². The number of phenols is 1. The number of nitrogens with zero attached hydrogens (tertiary/aromatic N) is 1. The Balaban J connectivity index is 1.89. The number of hydrogen-bond acceptors (Lipinski definition) is 3. The number of hydrogen-bond donors (Lipinski definition) is 1. The van der Waals surface area contributed by atoms with Gasteiger partial charge in [0.1, 0.15) is 17.1 Å². The second-order valence-electron chi connectivity index (χ2n) is 6.75. The number of furan rings is 1. The minimum Gasteiger partial charge on any atom is -0.506 e. The maximum Gasteiger partial charge on any atom is 0.139 e. The van der Waals surface area contributed by atoms with Gasteiger partial charge in [0, 0.05) is 29.1 Å². The predicted molar refractivity (Wildman–Crippen MR) is 105 cm³/mol. The SMILES string of the molecule is Cc1ccc(N=Cc2c(O)c(Br)cc3oc4c(c23)CCCC4)c(C)c1. The molecule has 0 amide bonds. The molecular formula is C21H20BrNO2. The first kappa shape index (κ1) is 16.4. The average molecular weight is 398 g/mol. The maximum atomic E-state index is 10.6. The van der Waals surface area contributed by atoms with Crippen LogP contribution < -0.4 is 0 Å². The Morgan fingerprint density at radius 1 is 1.16 bits per heavy atom. The molecule has 1 aliphatic rings. The highest BCUT2D eigenvalue weighted by molar-refractivity contribution is 9.10. The van der Waals surface area contributed by atoms with Crippen molar-refractivity contribution in [3.05, 3.63) is 56.8 Å². The van der Waals surface area contributed by atoms with Crippen molar-refractivity contribution in [2.45, 2.75) is 39.5 Å². The highest BCUT2D eigenvalue weighted by atomic mass is 79.9. The second kappa shape index (κ2) is 6.34. The lowest BCUT2D eigenvalue weighted by Crippen LogP contribution is -1.99. The van der Waals surface area contributed by atoms with Gasteiger partial charge in [-0.2, -0.15) is 0 Å². The summed E-state index contributed by atoms with van der Waals surface area (Å²) < 4.78 is 6.69. The van der Waals surface area contributed by atoms with Gasteiger partial charge in [0.05, 0.1) is 10.2 Å². The zero-order valence-corrected chi connectivity index (χ0v) is 16.0. The standard InChI is InChI=1S/C21H20BrNO2/c1-12-7-8-17(13(2)9-12)23-11-15-20-14-5-3-4-6-18(14)25-19(20)10-16(22)21(15)24/h7-11,24H,3-6H2,1-2H3. The van der Waals surface area contributed by atoms with E-state index in [1.165, 1.54) is 11.1 Å². The number of fused-ring (bicyclic) bond motifs is 3. The van der Waals surface area contributed by atoms with Gasteiger partial charge in [-0.25, -0.2) is 0 Å². The molecule has 4 heteroatoms. The predicted octanol–water partition coefficient (Wildman–Crippen LogP) is 6.15. The molecule has 1 aromatic heterocycles. The fourth-order valence-corrected chi connectivity index (χ4v) is 4.05. The Hall–Kier alpha value is -2.07. The van der Waals surface area contributed by atoms with E-state index in [1.54, 1.807) is 6.21 Å². The van der Waals surface area contributed by atoms with Gasteiger partial charge in [0.15, 0.2) is 0 Å². The lowest BCUT2D eigenvalue weighted by atomic mass is 9.94. The van der Waals surface area contributed by atoms with Crippen molar-refractivity contribution < 1.29 is 9.52 Å². The van der Waals surface area contributed by atoms with Crippen LogP contribution in [0.15, 0.2) is 38.1 Å². The monoisotopic (exact) mass is 397 g/mol. The van der Waals surface area contributed by atoms with Crippen LogP contribution in [0.1, 0.15) is 40.9 Å². The molecule has 4 rings (SSSR count). The molecule has 3 nitrogen and oxygen atoms in total. The molecule has 0 radical (unpaired) electrons. The van der Waals surface area contributed by atoms with Crippen LogP contribution in [0.2, 0.25) is 0 Å². The van der Waals surface area contributed by atoms with Gasteiger partial charge in [-0.1, -0.05) is 17.7 Å². The third-order valence-electron chi connectivity index (χ3n) is 4.89. The van der Waals surface area contributed by atoms with Crippen molar-refractivity contribution in [3.8, 4) is 5.75 Å². The van der Waals surface area contributed by atoms with Crippen molar-refractivity contribution in [3.63, 3.8) is 0 Å². The van der Waals surface area contributed by atoms with Crippen LogP contribution in [0, 0.1) is 13.8 Å². The summed E-state index contributed by atoms with van der Waals surface area (Å²) in [6.45, 7) is 4.12. The van der Waals surface area contributed by atoms with E-state index < -0.39 is 0 Å². The van der Waals surface area contributed by atoms with Crippen molar-refractivity contribution >= 4 is 38.8 Å². The minimum atomic E-state index is 0.218. The summed E-state index contributed by atoms with van der Waals surface area (Å²) in [5.74, 6) is 1.27. The Kier molecular flexibility index (Phi) is 4.16. The number of phenolic OH excluding ortho intramolecular Hbond substituents is 1. The topological polar surface area (TPSA) is 45.7 Å². The molecule has 0 fully saturated rings. The first-order valence-corrected chi connectivity index (χ1v) is 9.41. The van der Waals surface area contributed by atoms with Gasteiger partial charge >= 0.3 is 0 Å². The van der Waals surface area contributed by atoms with Crippen LogP contribution in [0.25, 0.3) is 11.0 Å². The molecule has 1 aliphatic carbocycles. The quantitative estimate of drug-likeness (QED) is 0.527. The summed E-state index contributed by atoms with van der Waals surface area (Å²) in [4.78, 5) is 4.65. The van der Waals surface area contributed by atoms with E-state index in [2.05, 4.69) is 46.9 Å². The molecule has 3 aromatic rings. The Labute approximate surface area is 155 Å². The summed E-state index contributed by atoms with van der Waals surface area (Å²) in [6, 6.07) is 8.04. The smallest absolute Gasteiger partial charge is 0.139 e. The van der Waals surface area contributed by atoms with Crippen LogP contribution >= 0.6 is 15.9 Å². The summed E-state index contributed by atoms with van der Waals surface area (Å²) in [7, 11) is 0. The molecule has 25 heavy (non-hydrogen) atoms. The first-order valence-electron chi connectivity index (χ1n) is 8.61. The number of aryl methyl sites for hydroxylation is 4. The van der Waals surface area contributed by atoms with Crippen LogP contribution in [0.3, 0.4) is 0 Å². The number of benzene rings is 2. The zero-order chi connectivity index (χ0) is 17.6. The Morgan fingerprint density at radius 2 is 1.96 bits per heavy atom. The molecule has 2 aromatic carbocycles. The van der Waals surface area contributed by atoms with Crippen LogP contribution in [-0.4, -0.2) is 11.3 Å². The van der Waals surface area contributed by atoms with Gasteiger partial charge < -0.3 is 9.52 Å². The highest BCUT2D eigenvalue weighted by Crippen LogP contribution is 2.40. The molecular weight excluding hydrogens is 378 g/mol. The van der Waals surface area contributed by atoms with Crippen molar-refractivity contribution in [2.24, 2.45) is 4.99 Å². The summed E-state index contributed by atoms with van der Waals surface area (Å²) in [5.41, 5.74) is 6.03. The molecule has 0 saturated heterocycles. The highest BCUT2D eigenvalue weighted by Gasteiger charge is 2.22. The molecule has 1 heterocycles. The van der Waals surface area contributed by atoms with Gasteiger partial charge in [-0.3, -0.25) is 4.99 Å². The lowest BCUT2D eigenvalue weighted by Gasteiger charge is -2.10. The third kappa shape index (κ3) is 2.89. The summed E-state index contributed by atoms with van der Waals surface area (Å²) >= 11 is 3.44. The lowest BCUT2D eigenvalue weighted by molar-refractivity contribution is 0.471. The van der Waals surface area contributed by atoms with Gasteiger partial charge in [0.25, 0.3) is 0 Å². The molecule has 0 unspecified atom stereocenters. The van der Waals surface area contributed by atoms with Crippen LogP contribution in [0.4, 0.5) is 5.69 Å². The van der Waals surface area contributed by atoms with Gasteiger partial charge in [0.2, 0.25) is 0 Å². The maximum absolute atomic E-state index is 10.6. The normalized spacial score (nSPS) is 14.4. The van der Waals surface area contributed by atoms with Crippen LogP contribution in [0.5, 0.6) is 5.75 Å². The van der Waals surface area contributed by atoms with E-state index in [0.29, 0.717) is 4.47 Å². The third-order valence-corrected chi connectivity index (χ3v) is 5.50. The first-order chi connectivity index (χ1) is 12.0. The largest absolute Gasteiger partial charge is 0.506 e. The minimum absolute atomic E-state index is 0.218. The summed E-state index contributed by atoms with van der Waals surface area (Å²) in [6.07, 6.45) is 6.05. The van der Waals surface area contributed by atoms with Crippen molar-refractivity contribution in [2.75, 3.05) is 0 Å². The second-order valence-corrected chi connectivity index (χ2v) is 7.61. The molecule has 0 saturated carbocycles. The van der Waals surface area contributed by atoms with Crippen molar-refractivity contribution in [1.29, 1.82) is 0 Å². The summed E-state index contributed by atoms with van der Waals surface area (Å²) in [5, 5.41) is 11.6. The van der Waals surface area contributed by atoms with E-state index in [0.717, 1.165) is 59.2 Å². The van der Waals surface area contributed by atoms with Crippen molar-refractivity contribution in [1.82, 2.24) is 0 Å². The molecule has 1 N–H and O–H groups in total. The Morgan fingerprint density at radius 3 is 2.76 bits per heavy atom. The molecule has 0 bridgehead atoms. The molecule has 0 aliphatic heterocycles. The number of aliphatic imine (C=N–C) groups is 1. The number of halogens is 1.